The maximum Gasteiger partial charge on any atom is 0.413 e. The van der Waals surface area contributed by atoms with Crippen LogP contribution in [-0.4, -0.2) is 27.4 Å². The lowest BCUT2D eigenvalue weighted by atomic mass is 9.87. The Balaban J connectivity index is 1.64. The van der Waals surface area contributed by atoms with Gasteiger partial charge in [0.1, 0.15) is 6.61 Å². The molecule has 1 aliphatic rings. The first-order valence-electron chi connectivity index (χ1n) is 7.43. The molecule has 23 heavy (non-hydrogen) atoms. The van der Waals surface area contributed by atoms with Crippen molar-refractivity contribution in [1.29, 1.82) is 0 Å². The minimum Gasteiger partial charge on any atom is -0.481 e. The van der Waals surface area contributed by atoms with E-state index in [4.69, 9.17) is 4.74 Å². The van der Waals surface area contributed by atoms with Crippen LogP contribution in [0.4, 0.5) is 10.6 Å². The summed E-state index contributed by atoms with van der Waals surface area (Å²) in [6.45, 7) is 0.164. The second-order valence-electron chi connectivity index (χ2n) is 5.43. The van der Waals surface area contributed by atoms with E-state index >= 15 is 0 Å². The molecule has 1 atom stereocenters. The summed E-state index contributed by atoms with van der Waals surface area (Å²) in [7, 11) is 0. The number of hydrogen-bond donors (Lipinski definition) is 3. The number of carbonyl (C=O) groups excluding carboxylic acids is 1. The molecule has 3 rings (SSSR count). The van der Waals surface area contributed by atoms with Gasteiger partial charge in [0.15, 0.2) is 5.82 Å². The van der Waals surface area contributed by atoms with Gasteiger partial charge in [0.2, 0.25) is 0 Å². The Morgan fingerprint density at radius 1 is 1.35 bits per heavy atom. The van der Waals surface area contributed by atoms with Crippen LogP contribution in [0.15, 0.2) is 30.3 Å². The van der Waals surface area contributed by atoms with Crippen LogP contribution in [0, 0.1) is 0 Å². The number of carboxylic acid groups (broad SMARTS) is 1. The average Bonchev–Trinajstić information content (AvgIpc) is 2.97. The molecule has 1 aromatic heterocycles. The Kier molecular flexibility index (Phi) is 4.27. The highest BCUT2D eigenvalue weighted by molar-refractivity contribution is 5.85. The molecule has 0 bridgehead atoms. The molecule has 0 saturated heterocycles. The van der Waals surface area contributed by atoms with E-state index in [0.717, 1.165) is 17.5 Å². The van der Waals surface area contributed by atoms with Crippen LogP contribution >= 0.6 is 0 Å². The number of anilines is 1. The zero-order valence-corrected chi connectivity index (χ0v) is 12.4. The van der Waals surface area contributed by atoms with Crippen molar-refractivity contribution in [3.63, 3.8) is 0 Å². The lowest BCUT2D eigenvalue weighted by Gasteiger charge is -2.18. The van der Waals surface area contributed by atoms with Gasteiger partial charge in [-0.25, -0.2) is 4.79 Å². The number of amides is 1. The third kappa shape index (κ3) is 3.33. The molecule has 1 aliphatic carbocycles. The molecule has 7 nitrogen and oxygen atoms in total. The van der Waals surface area contributed by atoms with Gasteiger partial charge in [-0.05, 0) is 24.8 Å². The minimum atomic E-state index is -0.882. The highest BCUT2D eigenvalue weighted by atomic mass is 16.5. The predicted octanol–water partition coefficient (Wildman–Crippen LogP) is 2.66. The molecule has 1 unspecified atom stereocenters. The average molecular weight is 315 g/mol. The smallest absolute Gasteiger partial charge is 0.413 e. The summed E-state index contributed by atoms with van der Waals surface area (Å²) in [4.78, 5) is 23.1. The molecule has 0 saturated carbocycles. The van der Waals surface area contributed by atoms with Crippen molar-refractivity contribution in [2.45, 2.75) is 31.8 Å². The number of ether oxygens (including phenoxy) is 1. The number of H-pyrrole nitrogens is 1. The zero-order valence-electron chi connectivity index (χ0n) is 12.4. The number of benzene rings is 1. The lowest BCUT2D eigenvalue weighted by molar-refractivity contribution is -0.139. The molecule has 0 spiro atoms. The summed E-state index contributed by atoms with van der Waals surface area (Å²) < 4.78 is 5.15. The number of fused-ring (bicyclic) bond motifs is 1. The van der Waals surface area contributed by atoms with E-state index in [1.165, 1.54) is 0 Å². The first kappa shape index (κ1) is 15.1. The number of nitrogens with one attached hydrogen (secondary N) is 2. The standard InChI is InChI=1S/C16H17N3O4/c20-15(21)12-8-4-7-11-13(12)18-19-14(11)17-16(22)23-9-10-5-2-1-3-6-10/h1-3,5-6,12H,4,7-9H2,(H,20,21)(H2,17,18,19,22). The van der Waals surface area contributed by atoms with Crippen molar-refractivity contribution in [3.8, 4) is 0 Å². The highest BCUT2D eigenvalue weighted by Gasteiger charge is 2.30. The second-order valence-corrected chi connectivity index (χ2v) is 5.43. The number of nitrogens with zero attached hydrogens (tertiary/aromatic N) is 1. The third-order valence-electron chi connectivity index (χ3n) is 3.90. The number of aromatic amines is 1. The number of carbonyl (C=O) groups is 2. The van der Waals surface area contributed by atoms with Crippen molar-refractivity contribution in [3.05, 3.63) is 47.2 Å². The summed E-state index contributed by atoms with van der Waals surface area (Å²) in [6, 6.07) is 9.35. The van der Waals surface area contributed by atoms with E-state index < -0.39 is 18.0 Å². The van der Waals surface area contributed by atoms with Crippen LogP contribution in [-0.2, 0) is 22.6 Å². The lowest BCUT2D eigenvalue weighted by Crippen LogP contribution is -2.19. The molecule has 2 aromatic rings. The molecular weight excluding hydrogens is 298 g/mol. The van der Waals surface area contributed by atoms with Crippen molar-refractivity contribution < 1.29 is 19.4 Å². The van der Waals surface area contributed by atoms with Gasteiger partial charge in [-0.2, -0.15) is 5.10 Å². The number of rotatable bonds is 4. The second kappa shape index (κ2) is 6.51. The van der Waals surface area contributed by atoms with E-state index in [9.17, 15) is 14.7 Å². The van der Waals surface area contributed by atoms with E-state index in [0.29, 0.717) is 24.4 Å². The van der Waals surface area contributed by atoms with Gasteiger partial charge in [0, 0.05) is 5.56 Å². The topological polar surface area (TPSA) is 104 Å². The Bertz CT molecular complexity index is 711. The van der Waals surface area contributed by atoms with Crippen LogP contribution in [0.5, 0.6) is 0 Å². The largest absolute Gasteiger partial charge is 0.481 e. The highest BCUT2D eigenvalue weighted by Crippen LogP contribution is 2.34. The minimum absolute atomic E-state index is 0.164. The summed E-state index contributed by atoms with van der Waals surface area (Å²) in [5, 5.41) is 18.6. The fourth-order valence-electron chi connectivity index (χ4n) is 2.75. The normalized spacial score (nSPS) is 16.4. The Labute approximate surface area is 132 Å². The van der Waals surface area contributed by atoms with Gasteiger partial charge in [-0.1, -0.05) is 30.3 Å². The van der Waals surface area contributed by atoms with Crippen LogP contribution in [0.25, 0.3) is 0 Å². The van der Waals surface area contributed by atoms with Crippen LogP contribution in [0.2, 0.25) is 0 Å². The van der Waals surface area contributed by atoms with Gasteiger partial charge in [-0.15, -0.1) is 0 Å². The molecule has 120 valence electrons. The van der Waals surface area contributed by atoms with Gasteiger partial charge in [0.05, 0.1) is 11.6 Å². The van der Waals surface area contributed by atoms with E-state index in [-0.39, 0.29) is 6.61 Å². The molecule has 1 heterocycles. The van der Waals surface area contributed by atoms with Crippen molar-refractivity contribution in [1.82, 2.24) is 10.2 Å². The van der Waals surface area contributed by atoms with E-state index in [1.54, 1.807) is 0 Å². The molecule has 7 heteroatoms. The Morgan fingerprint density at radius 3 is 2.87 bits per heavy atom. The van der Waals surface area contributed by atoms with Gasteiger partial charge in [-0.3, -0.25) is 15.2 Å². The van der Waals surface area contributed by atoms with Crippen LogP contribution in [0.3, 0.4) is 0 Å². The first-order chi connectivity index (χ1) is 11.1. The Morgan fingerprint density at radius 2 is 2.13 bits per heavy atom. The van der Waals surface area contributed by atoms with E-state index in [1.807, 2.05) is 30.3 Å². The molecule has 0 aliphatic heterocycles. The molecular formula is C16H17N3O4. The van der Waals surface area contributed by atoms with E-state index in [2.05, 4.69) is 15.5 Å². The Hall–Kier alpha value is -2.83. The van der Waals surface area contributed by atoms with Gasteiger partial charge >= 0.3 is 12.1 Å². The first-order valence-corrected chi connectivity index (χ1v) is 7.43. The number of aliphatic carboxylic acids is 1. The maximum absolute atomic E-state index is 11.9. The van der Waals surface area contributed by atoms with Gasteiger partial charge in [0.25, 0.3) is 0 Å². The van der Waals surface area contributed by atoms with Crippen LogP contribution < -0.4 is 5.32 Å². The van der Waals surface area contributed by atoms with Crippen molar-refractivity contribution in [2.24, 2.45) is 0 Å². The molecule has 0 radical (unpaired) electrons. The number of carboxylic acids is 1. The SMILES string of the molecule is O=C(Nc1n[nH]c2c1CCCC2C(=O)O)OCc1ccccc1. The van der Waals surface area contributed by atoms with Crippen molar-refractivity contribution >= 4 is 17.9 Å². The fraction of sp³-hybridized carbons (Fsp3) is 0.312. The van der Waals surface area contributed by atoms with Crippen molar-refractivity contribution in [2.75, 3.05) is 5.32 Å². The quantitative estimate of drug-likeness (QED) is 0.804. The molecule has 1 amide bonds. The predicted molar refractivity (Wildman–Crippen MR) is 82.2 cm³/mol. The number of aromatic nitrogens is 2. The fourth-order valence-corrected chi connectivity index (χ4v) is 2.75. The summed E-state index contributed by atoms with van der Waals surface area (Å²) in [6.07, 6.45) is 1.39. The molecule has 1 aromatic carbocycles. The zero-order chi connectivity index (χ0) is 16.2. The summed E-state index contributed by atoms with van der Waals surface area (Å²) >= 11 is 0. The van der Waals surface area contributed by atoms with Gasteiger partial charge < -0.3 is 9.84 Å². The number of hydrogen-bond acceptors (Lipinski definition) is 4. The van der Waals surface area contributed by atoms with Crippen LogP contribution in [0.1, 0.15) is 35.6 Å². The summed E-state index contributed by atoms with van der Waals surface area (Å²) in [5.74, 6) is -1.13. The molecule has 3 N–H and O–H groups in total. The maximum atomic E-state index is 11.9. The monoisotopic (exact) mass is 315 g/mol. The third-order valence-corrected chi connectivity index (χ3v) is 3.90. The molecule has 0 fully saturated rings. The summed E-state index contributed by atoms with van der Waals surface area (Å²) in [5.41, 5.74) is 2.21.